The quantitative estimate of drug-likeness (QED) is 0.746. The van der Waals surface area contributed by atoms with E-state index in [1.165, 1.54) is 10.6 Å². The Morgan fingerprint density at radius 2 is 1.93 bits per heavy atom. The van der Waals surface area contributed by atoms with Gasteiger partial charge in [0.1, 0.15) is 0 Å². The number of aryl methyl sites for hydroxylation is 3. The van der Waals surface area contributed by atoms with Crippen molar-refractivity contribution < 1.29 is 0 Å². The van der Waals surface area contributed by atoms with Crippen LogP contribution in [0.4, 0.5) is 0 Å². The molecule has 0 saturated carbocycles. The van der Waals surface area contributed by atoms with Crippen LogP contribution < -0.4 is 0 Å². The van der Waals surface area contributed by atoms with Crippen molar-refractivity contribution in [3.8, 4) is 0 Å². The monoisotopic (exact) mass is 203 g/mol. The maximum absolute atomic E-state index is 4.44. The number of aromatic nitrogens is 1. The molecule has 0 radical (unpaired) electrons. The summed E-state index contributed by atoms with van der Waals surface area (Å²) >= 11 is 1.76. The molecule has 0 aliphatic carbocycles. The van der Waals surface area contributed by atoms with Gasteiger partial charge in [0.15, 0.2) is 0 Å². The highest BCUT2D eigenvalue weighted by Crippen LogP contribution is 2.12. The minimum absolute atomic E-state index is 1.06. The van der Waals surface area contributed by atoms with Crippen LogP contribution in [0.25, 0.3) is 0 Å². The number of benzene rings is 1. The molecule has 0 unspecified atom stereocenters. The summed E-state index contributed by atoms with van der Waals surface area (Å²) in [5, 5.41) is 3.35. The van der Waals surface area contributed by atoms with Gasteiger partial charge in [-0.2, -0.15) is 0 Å². The van der Waals surface area contributed by atoms with Crippen LogP contribution in [0, 0.1) is 6.92 Å². The lowest BCUT2D eigenvalue weighted by molar-refractivity contribution is 0.937. The molecule has 1 aromatic carbocycles. The highest BCUT2D eigenvalue weighted by atomic mass is 32.1. The number of hydrogen-bond acceptors (Lipinski definition) is 2. The van der Waals surface area contributed by atoms with Crippen molar-refractivity contribution >= 4 is 11.3 Å². The van der Waals surface area contributed by atoms with E-state index in [0.29, 0.717) is 0 Å². The lowest BCUT2D eigenvalue weighted by Gasteiger charge is -1.97. The molecule has 0 aliphatic rings. The van der Waals surface area contributed by atoms with Crippen molar-refractivity contribution in [2.24, 2.45) is 0 Å². The maximum atomic E-state index is 4.44. The van der Waals surface area contributed by atoms with Crippen molar-refractivity contribution in [3.05, 3.63) is 52.0 Å². The fraction of sp³-hybridized carbons (Fsp3) is 0.250. The third-order valence-electron chi connectivity index (χ3n) is 2.14. The minimum atomic E-state index is 1.06. The largest absolute Gasteiger partial charge is 0.247 e. The molecule has 72 valence electrons. The van der Waals surface area contributed by atoms with Crippen LogP contribution in [0.1, 0.15) is 16.3 Å². The van der Waals surface area contributed by atoms with Gasteiger partial charge in [-0.1, -0.05) is 30.3 Å². The smallest absolute Gasteiger partial charge is 0.0931 e. The van der Waals surface area contributed by atoms with Crippen LogP contribution in [0.15, 0.2) is 35.7 Å². The Morgan fingerprint density at radius 1 is 1.14 bits per heavy atom. The highest BCUT2D eigenvalue weighted by molar-refractivity contribution is 7.09. The molecule has 0 spiro atoms. The zero-order chi connectivity index (χ0) is 9.80. The Labute approximate surface area is 88.4 Å². The third kappa shape index (κ3) is 2.42. The number of rotatable bonds is 3. The summed E-state index contributed by atoms with van der Waals surface area (Å²) in [6.45, 7) is 2.04. The standard InChI is InChI=1S/C12H13NS/c1-10-9-14-12(13-10)8-7-11-5-3-2-4-6-11/h2-6,9H,7-8H2,1H3. The fourth-order valence-electron chi connectivity index (χ4n) is 1.41. The lowest BCUT2D eigenvalue weighted by Crippen LogP contribution is -1.90. The van der Waals surface area contributed by atoms with E-state index in [9.17, 15) is 0 Å². The molecule has 1 aromatic heterocycles. The molecule has 0 bridgehead atoms. The lowest BCUT2D eigenvalue weighted by atomic mass is 10.1. The summed E-state index contributed by atoms with van der Waals surface area (Å²) in [5.41, 5.74) is 2.53. The van der Waals surface area contributed by atoms with E-state index in [1.54, 1.807) is 11.3 Å². The number of nitrogens with zero attached hydrogens (tertiary/aromatic N) is 1. The van der Waals surface area contributed by atoms with Gasteiger partial charge in [-0.05, 0) is 18.9 Å². The Hall–Kier alpha value is -1.15. The van der Waals surface area contributed by atoms with Crippen LogP contribution in [0.5, 0.6) is 0 Å². The fourth-order valence-corrected chi connectivity index (χ4v) is 2.19. The van der Waals surface area contributed by atoms with Crippen LogP contribution in [-0.4, -0.2) is 4.98 Å². The summed E-state index contributed by atoms with van der Waals surface area (Å²) in [6.07, 6.45) is 2.15. The SMILES string of the molecule is Cc1csc(CCc2ccccc2)n1. The van der Waals surface area contributed by atoms with Gasteiger partial charge in [0, 0.05) is 17.5 Å². The predicted octanol–water partition coefficient (Wildman–Crippen LogP) is 3.24. The molecular weight excluding hydrogens is 190 g/mol. The summed E-state index contributed by atoms with van der Waals surface area (Å²) in [4.78, 5) is 4.44. The first-order valence-corrected chi connectivity index (χ1v) is 5.67. The van der Waals surface area contributed by atoms with E-state index in [1.807, 2.05) is 6.92 Å². The van der Waals surface area contributed by atoms with E-state index < -0.39 is 0 Å². The Balaban J connectivity index is 1.95. The number of hydrogen-bond donors (Lipinski definition) is 0. The van der Waals surface area contributed by atoms with Gasteiger partial charge in [0.25, 0.3) is 0 Å². The van der Waals surface area contributed by atoms with Crippen molar-refractivity contribution in [2.75, 3.05) is 0 Å². The molecule has 0 saturated heterocycles. The van der Waals surface area contributed by atoms with Crippen molar-refractivity contribution in [1.29, 1.82) is 0 Å². The summed E-state index contributed by atoms with van der Waals surface area (Å²) in [5.74, 6) is 0. The first-order chi connectivity index (χ1) is 6.84. The average Bonchev–Trinajstić information content (AvgIpc) is 2.63. The van der Waals surface area contributed by atoms with Crippen LogP contribution in [0.2, 0.25) is 0 Å². The Kier molecular flexibility index (Phi) is 2.94. The molecular formula is C12H13NS. The predicted molar refractivity (Wildman–Crippen MR) is 60.7 cm³/mol. The minimum Gasteiger partial charge on any atom is -0.247 e. The van der Waals surface area contributed by atoms with Gasteiger partial charge >= 0.3 is 0 Å². The second kappa shape index (κ2) is 4.38. The highest BCUT2D eigenvalue weighted by Gasteiger charge is 1.98. The van der Waals surface area contributed by atoms with Gasteiger partial charge in [-0.25, -0.2) is 4.98 Å². The molecule has 2 heteroatoms. The van der Waals surface area contributed by atoms with Crippen LogP contribution in [0.3, 0.4) is 0 Å². The first kappa shape index (κ1) is 9.41. The molecule has 1 heterocycles. The molecule has 14 heavy (non-hydrogen) atoms. The molecule has 0 atom stereocenters. The van der Waals surface area contributed by atoms with Crippen LogP contribution in [-0.2, 0) is 12.8 Å². The molecule has 0 N–H and O–H groups in total. The number of thiazole rings is 1. The van der Waals surface area contributed by atoms with E-state index >= 15 is 0 Å². The van der Waals surface area contributed by atoms with E-state index in [-0.39, 0.29) is 0 Å². The second-order valence-corrected chi connectivity index (χ2v) is 4.31. The second-order valence-electron chi connectivity index (χ2n) is 3.37. The molecule has 2 rings (SSSR count). The third-order valence-corrected chi connectivity index (χ3v) is 3.16. The van der Waals surface area contributed by atoms with Gasteiger partial charge < -0.3 is 0 Å². The molecule has 0 fully saturated rings. The van der Waals surface area contributed by atoms with E-state index in [4.69, 9.17) is 0 Å². The molecule has 0 amide bonds. The van der Waals surface area contributed by atoms with Gasteiger partial charge in [0.05, 0.1) is 5.01 Å². The normalized spacial score (nSPS) is 10.4. The summed E-state index contributed by atoms with van der Waals surface area (Å²) in [6, 6.07) is 10.6. The zero-order valence-electron chi connectivity index (χ0n) is 8.23. The van der Waals surface area contributed by atoms with E-state index in [0.717, 1.165) is 18.5 Å². The summed E-state index contributed by atoms with van der Waals surface area (Å²) < 4.78 is 0. The van der Waals surface area contributed by atoms with Crippen molar-refractivity contribution in [1.82, 2.24) is 4.98 Å². The Morgan fingerprint density at radius 3 is 2.57 bits per heavy atom. The molecule has 0 aliphatic heterocycles. The Bertz CT molecular complexity index is 392. The van der Waals surface area contributed by atoms with E-state index in [2.05, 4.69) is 40.7 Å². The maximum Gasteiger partial charge on any atom is 0.0931 e. The zero-order valence-corrected chi connectivity index (χ0v) is 9.05. The molecule has 2 aromatic rings. The molecule has 1 nitrogen and oxygen atoms in total. The first-order valence-electron chi connectivity index (χ1n) is 4.79. The van der Waals surface area contributed by atoms with Crippen molar-refractivity contribution in [2.45, 2.75) is 19.8 Å². The van der Waals surface area contributed by atoms with Crippen molar-refractivity contribution in [3.63, 3.8) is 0 Å². The average molecular weight is 203 g/mol. The van der Waals surface area contributed by atoms with Gasteiger partial charge in [-0.3, -0.25) is 0 Å². The summed E-state index contributed by atoms with van der Waals surface area (Å²) in [7, 11) is 0. The van der Waals surface area contributed by atoms with Gasteiger partial charge in [-0.15, -0.1) is 11.3 Å². The van der Waals surface area contributed by atoms with Gasteiger partial charge in [0.2, 0.25) is 0 Å². The van der Waals surface area contributed by atoms with Crippen LogP contribution >= 0.6 is 11.3 Å². The topological polar surface area (TPSA) is 12.9 Å².